The monoisotopic (exact) mass is 290 g/mol. The van der Waals surface area contributed by atoms with E-state index in [9.17, 15) is 0 Å². The van der Waals surface area contributed by atoms with E-state index in [4.69, 9.17) is 4.74 Å². The third kappa shape index (κ3) is 4.72. The van der Waals surface area contributed by atoms with E-state index in [1.807, 2.05) is 0 Å². The molecule has 0 aromatic heterocycles. The standard InChI is InChI=1S/C18H30N2O/c1-15(2)19-12-18(10-5-11-21-14-18)13-20(4)17-8-6-16(3)7-9-17/h6-9,15,19H,5,10-14H2,1-4H3. The minimum absolute atomic E-state index is 0.224. The Labute approximate surface area is 129 Å². The Morgan fingerprint density at radius 3 is 2.57 bits per heavy atom. The Morgan fingerprint density at radius 2 is 2.00 bits per heavy atom. The van der Waals surface area contributed by atoms with Crippen LogP contribution in [0.3, 0.4) is 0 Å². The van der Waals surface area contributed by atoms with Gasteiger partial charge in [-0.05, 0) is 31.9 Å². The molecule has 1 unspecified atom stereocenters. The average molecular weight is 290 g/mol. The maximum atomic E-state index is 5.81. The van der Waals surface area contributed by atoms with E-state index in [2.05, 4.69) is 62.3 Å². The Morgan fingerprint density at radius 1 is 1.29 bits per heavy atom. The zero-order chi connectivity index (χ0) is 15.3. The fourth-order valence-electron chi connectivity index (χ4n) is 3.04. The topological polar surface area (TPSA) is 24.5 Å². The quantitative estimate of drug-likeness (QED) is 0.870. The number of hydrogen-bond donors (Lipinski definition) is 1. The lowest BCUT2D eigenvalue weighted by Crippen LogP contribution is -2.49. The maximum Gasteiger partial charge on any atom is 0.0551 e. The van der Waals surface area contributed by atoms with Crippen LogP contribution in [0.15, 0.2) is 24.3 Å². The van der Waals surface area contributed by atoms with Crippen molar-refractivity contribution in [2.24, 2.45) is 5.41 Å². The van der Waals surface area contributed by atoms with E-state index in [1.165, 1.54) is 24.1 Å². The summed E-state index contributed by atoms with van der Waals surface area (Å²) in [5.41, 5.74) is 2.82. The summed E-state index contributed by atoms with van der Waals surface area (Å²) in [5, 5.41) is 3.62. The van der Waals surface area contributed by atoms with Gasteiger partial charge >= 0.3 is 0 Å². The number of anilines is 1. The molecule has 3 nitrogen and oxygen atoms in total. The SMILES string of the molecule is Cc1ccc(N(C)CC2(CNC(C)C)CCCOC2)cc1. The molecule has 2 rings (SSSR count). The van der Waals surface area contributed by atoms with E-state index >= 15 is 0 Å². The molecule has 1 aliphatic heterocycles. The predicted octanol–water partition coefficient (Wildman–Crippen LogP) is 3.23. The van der Waals surface area contributed by atoms with Crippen LogP contribution in [0.5, 0.6) is 0 Å². The lowest BCUT2D eigenvalue weighted by Gasteiger charge is -2.41. The van der Waals surface area contributed by atoms with Crippen LogP contribution >= 0.6 is 0 Å². The molecule has 0 spiro atoms. The largest absolute Gasteiger partial charge is 0.381 e. The summed E-state index contributed by atoms with van der Waals surface area (Å²) in [6.45, 7) is 10.4. The number of rotatable bonds is 6. The molecule has 1 atom stereocenters. The molecule has 0 radical (unpaired) electrons. The predicted molar refractivity (Wildman–Crippen MR) is 90.1 cm³/mol. The third-order valence-corrected chi connectivity index (χ3v) is 4.34. The summed E-state index contributed by atoms with van der Waals surface area (Å²) >= 11 is 0. The number of hydrogen-bond acceptors (Lipinski definition) is 3. The number of ether oxygens (including phenoxy) is 1. The van der Waals surface area contributed by atoms with Gasteiger partial charge in [-0.15, -0.1) is 0 Å². The van der Waals surface area contributed by atoms with Gasteiger partial charge < -0.3 is 15.0 Å². The van der Waals surface area contributed by atoms with Gasteiger partial charge in [0.1, 0.15) is 0 Å². The van der Waals surface area contributed by atoms with E-state index in [0.29, 0.717) is 6.04 Å². The van der Waals surface area contributed by atoms with Crippen LogP contribution in [0, 0.1) is 12.3 Å². The number of nitrogens with zero attached hydrogens (tertiary/aromatic N) is 1. The highest BCUT2D eigenvalue weighted by atomic mass is 16.5. The molecule has 1 aliphatic rings. The average Bonchev–Trinajstić information content (AvgIpc) is 2.47. The van der Waals surface area contributed by atoms with Crippen molar-refractivity contribution in [1.29, 1.82) is 0 Å². The zero-order valence-corrected chi connectivity index (χ0v) is 14.0. The van der Waals surface area contributed by atoms with Gasteiger partial charge in [0.15, 0.2) is 0 Å². The van der Waals surface area contributed by atoms with Gasteiger partial charge in [-0.2, -0.15) is 0 Å². The second kappa shape index (κ2) is 7.28. The van der Waals surface area contributed by atoms with Crippen molar-refractivity contribution in [3.63, 3.8) is 0 Å². The second-order valence-corrected chi connectivity index (χ2v) is 6.88. The lowest BCUT2D eigenvalue weighted by atomic mass is 9.81. The molecule has 21 heavy (non-hydrogen) atoms. The van der Waals surface area contributed by atoms with Crippen molar-refractivity contribution in [2.75, 3.05) is 38.3 Å². The summed E-state index contributed by atoms with van der Waals surface area (Å²) in [5.74, 6) is 0. The molecule has 0 amide bonds. The molecular weight excluding hydrogens is 260 g/mol. The van der Waals surface area contributed by atoms with Crippen LogP contribution in [0.25, 0.3) is 0 Å². The van der Waals surface area contributed by atoms with E-state index in [1.54, 1.807) is 0 Å². The van der Waals surface area contributed by atoms with Crippen molar-refractivity contribution in [3.05, 3.63) is 29.8 Å². The highest BCUT2D eigenvalue weighted by Gasteiger charge is 2.34. The van der Waals surface area contributed by atoms with Gasteiger partial charge in [-0.3, -0.25) is 0 Å². The summed E-state index contributed by atoms with van der Waals surface area (Å²) in [7, 11) is 2.19. The van der Waals surface area contributed by atoms with Crippen molar-refractivity contribution >= 4 is 5.69 Å². The Hall–Kier alpha value is -1.06. The molecule has 1 aromatic carbocycles. The molecule has 1 heterocycles. The first kappa shape index (κ1) is 16.3. The third-order valence-electron chi connectivity index (χ3n) is 4.34. The number of nitrogens with one attached hydrogen (secondary N) is 1. The number of benzene rings is 1. The molecule has 1 fully saturated rings. The first-order chi connectivity index (χ1) is 10.0. The van der Waals surface area contributed by atoms with Gasteiger partial charge in [-0.1, -0.05) is 31.5 Å². The van der Waals surface area contributed by atoms with Crippen LogP contribution in [0.2, 0.25) is 0 Å². The van der Waals surface area contributed by atoms with Crippen LogP contribution in [0.1, 0.15) is 32.3 Å². The molecular formula is C18H30N2O. The second-order valence-electron chi connectivity index (χ2n) is 6.88. The fourth-order valence-corrected chi connectivity index (χ4v) is 3.04. The van der Waals surface area contributed by atoms with E-state index in [0.717, 1.165) is 26.3 Å². The van der Waals surface area contributed by atoms with Gasteiger partial charge in [0.25, 0.3) is 0 Å². The highest BCUT2D eigenvalue weighted by molar-refractivity contribution is 5.47. The molecule has 118 valence electrons. The zero-order valence-electron chi connectivity index (χ0n) is 14.0. The Kier molecular flexibility index (Phi) is 5.65. The molecule has 3 heteroatoms. The van der Waals surface area contributed by atoms with Crippen molar-refractivity contribution in [2.45, 2.75) is 39.7 Å². The molecule has 1 aromatic rings. The molecule has 0 bridgehead atoms. The minimum Gasteiger partial charge on any atom is -0.381 e. The van der Waals surface area contributed by atoms with Crippen molar-refractivity contribution in [1.82, 2.24) is 5.32 Å². The Bertz CT molecular complexity index is 421. The minimum atomic E-state index is 0.224. The van der Waals surface area contributed by atoms with Crippen molar-refractivity contribution < 1.29 is 4.74 Å². The van der Waals surface area contributed by atoms with Gasteiger partial charge in [0, 0.05) is 43.9 Å². The summed E-state index contributed by atoms with van der Waals surface area (Å²) in [6.07, 6.45) is 2.41. The maximum absolute atomic E-state index is 5.81. The van der Waals surface area contributed by atoms with E-state index in [-0.39, 0.29) is 5.41 Å². The van der Waals surface area contributed by atoms with Gasteiger partial charge in [0.2, 0.25) is 0 Å². The first-order valence-electron chi connectivity index (χ1n) is 8.10. The normalized spacial score (nSPS) is 22.5. The molecule has 0 saturated carbocycles. The van der Waals surface area contributed by atoms with Gasteiger partial charge in [0.05, 0.1) is 6.61 Å². The van der Waals surface area contributed by atoms with Crippen LogP contribution in [-0.2, 0) is 4.74 Å². The Balaban J connectivity index is 2.04. The van der Waals surface area contributed by atoms with Crippen LogP contribution < -0.4 is 10.2 Å². The molecule has 0 aliphatic carbocycles. The summed E-state index contributed by atoms with van der Waals surface area (Å²) in [4.78, 5) is 2.37. The van der Waals surface area contributed by atoms with Crippen molar-refractivity contribution in [3.8, 4) is 0 Å². The fraction of sp³-hybridized carbons (Fsp3) is 0.667. The van der Waals surface area contributed by atoms with Gasteiger partial charge in [-0.25, -0.2) is 0 Å². The summed E-state index contributed by atoms with van der Waals surface area (Å²) < 4.78 is 5.81. The molecule has 1 saturated heterocycles. The lowest BCUT2D eigenvalue weighted by molar-refractivity contribution is -0.00358. The van der Waals surface area contributed by atoms with Crippen LogP contribution in [-0.4, -0.2) is 39.4 Å². The summed E-state index contributed by atoms with van der Waals surface area (Å²) in [6, 6.07) is 9.31. The van der Waals surface area contributed by atoms with Crippen LogP contribution in [0.4, 0.5) is 5.69 Å². The smallest absolute Gasteiger partial charge is 0.0551 e. The highest BCUT2D eigenvalue weighted by Crippen LogP contribution is 2.30. The first-order valence-corrected chi connectivity index (χ1v) is 8.10. The van der Waals surface area contributed by atoms with E-state index < -0.39 is 0 Å². The molecule has 1 N–H and O–H groups in total. The number of aryl methyl sites for hydroxylation is 1.